The lowest BCUT2D eigenvalue weighted by molar-refractivity contribution is -0.255. The Labute approximate surface area is 208 Å². The number of amides is 1. The fraction of sp³-hybridized carbons (Fsp3) is 0.731. The van der Waals surface area contributed by atoms with Crippen LogP contribution in [0.15, 0.2) is 12.4 Å². The Kier molecular flexibility index (Phi) is 5.19. The molecule has 2 radical (unpaired) electrons. The zero-order valence-corrected chi connectivity index (χ0v) is 21.0. The van der Waals surface area contributed by atoms with Gasteiger partial charge in [0.25, 0.3) is 0 Å². The van der Waals surface area contributed by atoms with Crippen molar-refractivity contribution < 1.29 is 19.4 Å². The van der Waals surface area contributed by atoms with Gasteiger partial charge in [0.1, 0.15) is 11.3 Å². The van der Waals surface area contributed by atoms with Gasteiger partial charge in [-0.1, -0.05) is 5.82 Å². The highest BCUT2D eigenvalue weighted by molar-refractivity contribution is 6.12. The van der Waals surface area contributed by atoms with Gasteiger partial charge >= 0.3 is 6.09 Å². The molecule has 1 aliphatic carbocycles. The number of carboxylic acid groups (broad SMARTS) is 1. The summed E-state index contributed by atoms with van der Waals surface area (Å²) in [7, 11) is 6.60. The van der Waals surface area contributed by atoms with Crippen molar-refractivity contribution in [3.63, 3.8) is 0 Å². The molecule has 4 unspecified atom stereocenters. The number of nitrogens with zero attached hydrogens (tertiary/aromatic N) is 4. The first kappa shape index (κ1) is 23.1. The molecule has 1 aromatic heterocycles. The fourth-order valence-corrected chi connectivity index (χ4v) is 8.07. The zero-order chi connectivity index (χ0) is 24.7. The molecule has 35 heavy (non-hydrogen) atoms. The van der Waals surface area contributed by atoms with Crippen LogP contribution in [-0.4, -0.2) is 81.2 Å². The Balaban J connectivity index is 1.28. The minimum atomic E-state index is -1.15. The van der Waals surface area contributed by atoms with Crippen LogP contribution in [0.25, 0.3) is 0 Å². The van der Waals surface area contributed by atoms with Gasteiger partial charge in [-0.2, -0.15) is 0 Å². The Hall–Kier alpha value is -2.29. The monoisotopic (exact) mass is 478 g/mol. The Morgan fingerprint density at radius 3 is 2.23 bits per heavy atom. The van der Waals surface area contributed by atoms with E-state index in [-0.39, 0.29) is 17.5 Å². The molecule has 0 aromatic carbocycles. The molecule has 5 aliphatic heterocycles. The second-order valence-electron chi connectivity index (χ2n) is 12.8. The van der Waals surface area contributed by atoms with Crippen molar-refractivity contribution in [3.8, 4) is 0 Å². The van der Waals surface area contributed by atoms with E-state index in [9.17, 15) is 14.7 Å². The normalized spacial score (nSPS) is 37.6. The molecule has 6 heterocycles. The van der Waals surface area contributed by atoms with Gasteiger partial charge in [-0.3, -0.25) is 9.47 Å². The predicted molar refractivity (Wildman–Crippen MR) is 131 cm³/mol. The summed E-state index contributed by atoms with van der Waals surface area (Å²) >= 11 is 0. The van der Waals surface area contributed by atoms with Crippen molar-refractivity contribution in [1.29, 1.82) is 0 Å². The van der Waals surface area contributed by atoms with E-state index in [4.69, 9.17) is 12.6 Å². The quantitative estimate of drug-likeness (QED) is 0.486. The average Bonchev–Trinajstić information content (AvgIpc) is 3.35. The maximum atomic E-state index is 12.6. The number of rotatable bonds is 3. The van der Waals surface area contributed by atoms with Crippen LogP contribution in [0.4, 0.5) is 16.2 Å². The Morgan fingerprint density at radius 2 is 1.66 bits per heavy atom. The number of carbonyl (C=O) groups is 2. The van der Waals surface area contributed by atoms with Gasteiger partial charge < -0.3 is 24.4 Å². The highest BCUT2D eigenvalue weighted by Gasteiger charge is 2.57. The Bertz CT molecular complexity index is 1030. The van der Waals surface area contributed by atoms with E-state index in [0.717, 1.165) is 56.9 Å². The Morgan fingerprint density at radius 1 is 1.03 bits per heavy atom. The molecule has 4 atom stereocenters. The zero-order valence-electron chi connectivity index (χ0n) is 21.0. The number of aromatic carboxylic acids is 1. The van der Waals surface area contributed by atoms with Gasteiger partial charge in [0.05, 0.1) is 45.2 Å². The smallest absolute Gasteiger partial charge is 0.410 e. The number of ether oxygens (including phenoxy) is 1. The number of hydrogen-bond donors (Lipinski definition) is 0. The number of carbonyl (C=O) groups excluding carboxylic acids is 2. The summed E-state index contributed by atoms with van der Waals surface area (Å²) in [6.07, 6.45) is 5.40. The third kappa shape index (κ3) is 3.81. The highest BCUT2D eigenvalue weighted by Crippen LogP contribution is 2.56. The topological polar surface area (TPSA) is 85.8 Å². The number of anilines is 1. The van der Waals surface area contributed by atoms with Crippen molar-refractivity contribution in [3.05, 3.63) is 18.0 Å². The summed E-state index contributed by atoms with van der Waals surface area (Å²) < 4.78 is 6.28. The van der Waals surface area contributed by atoms with E-state index in [0.29, 0.717) is 47.2 Å². The van der Waals surface area contributed by atoms with E-state index >= 15 is 0 Å². The van der Waals surface area contributed by atoms with E-state index in [1.807, 2.05) is 31.9 Å². The molecule has 1 aromatic rings. The minimum Gasteiger partial charge on any atom is -0.545 e. The number of piperidine rings is 3. The van der Waals surface area contributed by atoms with Crippen LogP contribution in [0, 0.1) is 29.6 Å². The first-order valence-electron chi connectivity index (χ1n) is 13.1. The number of carboxylic acids is 1. The standard InChI is InChI=1S/C26H35BN4O4/c1-26(2,3)35-25(34)30-10-18-8-29(9-19(18)11-30)21-7-28-6-20(24(32)33)23(21)31-12-15-4-16(13-31)22(27)17(5-15)14-31/h6-7,15-19,22H,4-5,8-14H2,1-3H3. The SMILES string of the molecule is [B]C1C2CC3CC1C[N+](c1c(C(=O)[O-])cncc1N1CC4CN(C(=O)OC(C)(C)C)CC4C1)(C3)C2. The molecule has 0 N–H and O–H groups in total. The van der Waals surface area contributed by atoms with Crippen LogP contribution in [-0.2, 0) is 4.74 Å². The van der Waals surface area contributed by atoms with Crippen LogP contribution >= 0.6 is 0 Å². The summed E-state index contributed by atoms with van der Waals surface area (Å²) in [5.74, 6) is 1.22. The third-order valence-corrected chi connectivity index (χ3v) is 9.21. The van der Waals surface area contributed by atoms with Crippen molar-refractivity contribution in [2.45, 2.75) is 45.0 Å². The summed E-state index contributed by atoms with van der Waals surface area (Å²) in [6.45, 7) is 11.3. The van der Waals surface area contributed by atoms with Gasteiger partial charge in [0.15, 0.2) is 5.69 Å². The van der Waals surface area contributed by atoms with Gasteiger partial charge in [-0.05, 0) is 33.6 Å². The number of aromatic nitrogens is 1. The number of likely N-dealkylation sites (tertiary alicyclic amines) is 1. The molecule has 5 saturated heterocycles. The van der Waals surface area contributed by atoms with Crippen molar-refractivity contribution in [2.75, 3.05) is 50.7 Å². The maximum absolute atomic E-state index is 12.6. The largest absolute Gasteiger partial charge is 0.545 e. The fourth-order valence-electron chi connectivity index (χ4n) is 8.07. The van der Waals surface area contributed by atoms with E-state index in [2.05, 4.69) is 9.88 Å². The van der Waals surface area contributed by atoms with E-state index in [1.54, 1.807) is 0 Å². The minimum absolute atomic E-state index is 0.222. The molecule has 6 aliphatic rings. The summed E-state index contributed by atoms with van der Waals surface area (Å²) in [4.78, 5) is 33.4. The summed E-state index contributed by atoms with van der Waals surface area (Å²) in [5.41, 5.74) is 1.53. The van der Waals surface area contributed by atoms with Gasteiger partial charge in [-0.25, -0.2) is 4.79 Å². The van der Waals surface area contributed by atoms with Gasteiger partial charge in [0.2, 0.25) is 0 Å². The molecular weight excluding hydrogens is 443 g/mol. The van der Waals surface area contributed by atoms with Crippen LogP contribution in [0.1, 0.15) is 44.0 Å². The molecule has 7 rings (SSSR count). The van der Waals surface area contributed by atoms with E-state index < -0.39 is 11.6 Å². The average molecular weight is 478 g/mol. The van der Waals surface area contributed by atoms with Crippen molar-refractivity contribution >= 4 is 31.3 Å². The molecule has 4 bridgehead atoms. The molecule has 186 valence electrons. The number of hydrogen-bond acceptors (Lipinski definition) is 6. The van der Waals surface area contributed by atoms with Gasteiger partial charge in [0, 0.05) is 62.0 Å². The van der Waals surface area contributed by atoms with Crippen LogP contribution in [0.5, 0.6) is 0 Å². The predicted octanol–water partition coefficient (Wildman–Crippen LogP) is 1.68. The lowest BCUT2D eigenvalue weighted by Crippen LogP contribution is -2.69. The highest BCUT2D eigenvalue weighted by atomic mass is 16.6. The first-order valence-corrected chi connectivity index (χ1v) is 13.1. The van der Waals surface area contributed by atoms with Crippen LogP contribution < -0.4 is 14.5 Å². The number of quaternary nitrogens is 1. The molecule has 0 spiro atoms. The molecule has 8 nitrogen and oxygen atoms in total. The molecule has 1 saturated carbocycles. The van der Waals surface area contributed by atoms with Crippen molar-refractivity contribution in [1.82, 2.24) is 14.4 Å². The van der Waals surface area contributed by atoms with Crippen LogP contribution in [0.2, 0.25) is 5.82 Å². The lowest BCUT2D eigenvalue weighted by Gasteiger charge is -2.60. The number of fused-ring (bicyclic) bond motifs is 1. The summed E-state index contributed by atoms with van der Waals surface area (Å²) in [5, 5.41) is 12.3. The third-order valence-electron chi connectivity index (χ3n) is 9.21. The van der Waals surface area contributed by atoms with Gasteiger partial charge in [-0.15, -0.1) is 0 Å². The van der Waals surface area contributed by atoms with Crippen molar-refractivity contribution in [2.24, 2.45) is 29.6 Å². The maximum Gasteiger partial charge on any atom is 0.410 e. The molecule has 6 fully saturated rings. The molecular formula is C26H35BN4O4. The molecule has 1 amide bonds. The van der Waals surface area contributed by atoms with Crippen LogP contribution in [0.3, 0.4) is 0 Å². The lowest BCUT2D eigenvalue weighted by atomic mass is 9.54. The second-order valence-corrected chi connectivity index (χ2v) is 12.8. The van der Waals surface area contributed by atoms with E-state index in [1.165, 1.54) is 6.20 Å². The summed E-state index contributed by atoms with van der Waals surface area (Å²) in [6, 6.07) is 0. The first-order chi connectivity index (χ1) is 16.5. The number of pyridine rings is 1. The molecule has 9 heteroatoms. The second kappa shape index (κ2) is 7.86.